The second kappa shape index (κ2) is 2.59. The van der Waals surface area contributed by atoms with Gasteiger partial charge < -0.3 is 15.4 Å². The predicted molar refractivity (Wildman–Crippen MR) is 51.2 cm³/mol. The van der Waals surface area contributed by atoms with Crippen molar-refractivity contribution >= 4 is 0 Å². The molecule has 0 radical (unpaired) electrons. The van der Waals surface area contributed by atoms with Crippen LogP contribution in [0.3, 0.4) is 0 Å². The van der Waals surface area contributed by atoms with E-state index in [0.29, 0.717) is 6.54 Å². The number of fused-ring (bicyclic) bond motifs is 1. The van der Waals surface area contributed by atoms with Gasteiger partial charge in [-0.3, -0.25) is 0 Å². The highest BCUT2D eigenvalue weighted by Gasteiger charge is 2.42. The Bertz CT molecular complexity index is 332. The van der Waals surface area contributed by atoms with E-state index in [1.54, 1.807) is 0 Å². The van der Waals surface area contributed by atoms with Crippen LogP contribution < -0.4 is 5.73 Å². The first-order chi connectivity index (χ1) is 6.08. The summed E-state index contributed by atoms with van der Waals surface area (Å²) in [5.74, 6) is 0.240. The number of aromatic nitrogens is 1. The molecule has 0 fully saturated rings. The number of nitrogens with two attached hydrogens (primary N) is 1. The SMILES string of the molecule is CC1Cc2cn(C)cc2C1(O)CN. The lowest BCUT2D eigenvalue weighted by Crippen LogP contribution is -2.38. The zero-order valence-electron chi connectivity index (χ0n) is 8.12. The van der Waals surface area contributed by atoms with Gasteiger partial charge in [-0.1, -0.05) is 6.92 Å². The molecule has 1 aliphatic rings. The second-order valence-corrected chi connectivity index (χ2v) is 4.10. The van der Waals surface area contributed by atoms with Gasteiger partial charge >= 0.3 is 0 Å². The maximum atomic E-state index is 10.3. The molecule has 0 aromatic carbocycles. The summed E-state index contributed by atoms with van der Waals surface area (Å²) in [5, 5.41) is 10.3. The van der Waals surface area contributed by atoms with Gasteiger partial charge in [0.1, 0.15) is 5.60 Å². The smallest absolute Gasteiger partial charge is 0.106 e. The minimum Gasteiger partial charge on any atom is -0.383 e. The molecule has 1 aromatic heterocycles. The summed E-state index contributed by atoms with van der Waals surface area (Å²) < 4.78 is 1.98. The zero-order chi connectivity index (χ0) is 9.64. The lowest BCUT2D eigenvalue weighted by Gasteiger charge is -2.26. The standard InChI is InChI=1S/C10H16N2O/c1-7-3-8-4-12(2)5-9(8)10(7,13)6-11/h4-5,7,13H,3,6,11H2,1-2H3. The number of nitrogens with zero attached hydrogens (tertiary/aromatic N) is 1. The maximum absolute atomic E-state index is 10.3. The summed E-state index contributed by atoms with van der Waals surface area (Å²) in [7, 11) is 1.97. The fourth-order valence-corrected chi connectivity index (χ4v) is 2.27. The Balaban J connectivity index is 2.50. The van der Waals surface area contributed by atoms with E-state index >= 15 is 0 Å². The van der Waals surface area contributed by atoms with Crippen LogP contribution >= 0.6 is 0 Å². The van der Waals surface area contributed by atoms with Gasteiger partial charge in [0.05, 0.1) is 0 Å². The molecule has 2 atom stereocenters. The number of aliphatic hydroxyl groups is 1. The minimum absolute atomic E-state index is 0.240. The summed E-state index contributed by atoms with van der Waals surface area (Å²) in [4.78, 5) is 0. The molecular formula is C10H16N2O. The van der Waals surface area contributed by atoms with E-state index in [4.69, 9.17) is 5.73 Å². The van der Waals surface area contributed by atoms with E-state index in [0.717, 1.165) is 12.0 Å². The Kier molecular flexibility index (Phi) is 1.75. The van der Waals surface area contributed by atoms with Crippen LogP contribution in [0.1, 0.15) is 18.1 Å². The third kappa shape index (κ3) is 1.04. The monoisotopic (exact) mass is 180 g/mol. The summed E-state index contributed by atoms with van der Waals surface area (Å²) >= 11 is 0. The van der Waals surface area contributed by atoms with Crippen molar-refractivity contribution in [2.75, 3.05) is 6.54 Å². The highest BCUT2D eigenvalue weighted by molar-refractivity contribution is 5.37. The summed E-state index contributed by atoms with van der Waals surface area (Å²) in [6.07, 6.45) is 4.98. The summed E-state index contributed by atoms with van der Waals surface area (Å²) in [6.45, 7) is 2.36. The molecule has 2 unspecified atom stereocenters. The van der Waals surface area contributed by atoms with Crippen LogP contribution in [0.25, 0.3) is 0 Å². The molecule has 2 rings (SSSR count). The molecule has 0 amide bonds. The Morgan fingerprint density at radius 3 is 3.00 bits per heavy atom. The minimum atomic E-state index is -0.795. The van der Waals surface area contributed by atoms with Crippen molar-refractivity contribution in [3.63, 3.8) is 0 Å². The lowest BCUT2D eigenvalue weighted by atomic mass is 9.89. The van der Waals surface area contributed by atoms with E-state index in [1.165, 1.54) is 5.56 Å². The first-order valence-corrected chi connectivity index (χ1v) is 4.65. The molecule has 0 spiro atoms. The first kappa shape index (κ1) is 8.78. The molecular weight excluding hydrogens is 164 g/mol. The van der Waals surface area contributed by atoms with Crippen molar-refractivity contribution in [1.29, 1.82) is 0 Å². The van der Waals surface area contributed by atoms with Gasteiger partial charge in [-0.25, -0.2) is 0 Å². The Hall–Kier alpha value is -0.800. The molecule has 13 heavy (non-hydrogen) atoms. The van der Waals surface area contributed by atoms with Crippen molar-refractivity contribution in [2.24, 2.45) is 18.7 Å². The molecule has 3 N–H and O–H groups in total. The van der Waals surface area contributed by atoms with E-state index in [2.05, 4.69) is 6.20 Å². The van der Waals surface area contributed by atoms with Gasteiger partial charge in [-0.05, 0) is 17.9 Å². The van der Waals surface area contributed by atoms with E-state index < -0.39 is 5.60 Å². The predicted octanol–water partition coefficient (Wildman–Crippen LogP) is 0.364. The topological polar surface area (TPSA) is 51.2 Å². The fourth-order valence-electron chi connectivity index (χ4n) is 2.27. The van der Waals surface area contributed by atoms with Crippen molar-refractivity contribution in [1.82, 2.24) is 4.57 Å². The third-order valence-corrected chi connectivity index (χ3v) is 3.16. The van der Waals surface area contributed by atoms with Crippen LogP contribution in [0.15, 0.2) is 12.4 Å². The summed E-state index contributed by atoms with van der Waals surface area (Å²) in [6, 6.07) is 0. The number of rotatable bonds is 1. The van der Waals surface area contributed by atoms with Crippen LogP contribution in [-0.4, -0.2) is 16.2 Å². The molecule has 1 aromatic rings. The van der Waals surface area contributed by atoms with Crippen LogP contribution in [-0.2, 0) is 19.1 Å². The van der Waals surface area contributed by atoms with Crippen molar-refractivity contribution in [3.8, 4) is 0 Å². The Morgan fingerprint density at radius 2 is 2.38 bits per heavy atom. The molecule has 72 valence electrons. The number of aryl methyl sites for hydroxylation is 1. The highest BCUT2D eigenvalue weighted by Crippen LogP contribution is 2.40. The van der Waals surface area contributed by atoms with Gasteiger partial charge in [0, 0.05) is 31.5 Å². The molecule has 1 aliphatic carbocycles. The lowest BCUT2D eigenvalue weighted by molar-refractivity contribution is 0.00455. The highest BCUT2D eigenvalue weighted by atomic mass is 16.3. The first-order valence-electron chi connectivity index (χ1n) is 4.65. The van der Waals surface area contributed by atoms with Gasteiger partial charge in [0.15, 0.2) is 0 Å². The molecule has 1 heterocycles. The second-order valence-electron chi connectivity index (χ2n) is 4.10. The largest absolute Gasteiger partial charge is 0.383 e. The molecule has 0 saturated carbocycles. The van der Waals surface area contributed by atoms with Crippen LogP contribution in [0, 0.1) is 5.92 Å². The van der Waals surface area contributed by atoms with E-state index in [9.17, 15) is 5.11 Å². The van der Waals surface area contributed by atoms with Gasteiger partial charge in [-0.15, -0.1) is 0 Å². The quantitative estimate of drug-likeness (QED) is 0.655. The van der Waals surface area contributed by atoms with Gasteiger partial charge in [0.2, 0.25) is 0 Å². The number of hydrogen-bond acceptors (Lipinski definition) is 2. The molecule has 3 nitrogen and oxygen atoms in total. The average molecular weight is 180 g/mol. The summed E-state index contributed by atoms with van der Waals surface area (Å²) in [5.41, 5.74) is 7.09. The van der Waals surface area contributed by atoms with Crippen molar-refractivity contribution in [2.45, 2.75) is 18.9 Å². The van der Waals surface area contributed by atoms with Gasteiger partial charge in [-0.2, -0.15) is 0 Å². The van der Waals surface area contributed by atoms with Crippen LogP contribution in [0.2, 0.25) is 0 Å². The van der Waals surface area contributed by atoms with Crippen molar-refractivity contribution < 1.29 is 5.11 Å². The fraction of sp³-hybridized carbons (Fsp3) is 0.600. The van der Waals surface area contributed by atoms with E-state index in [1.807, 2.05) is 24.7 Å². The Morgan fingerprint density at radius 1 is 1.69 bits per heavy atom. The molecule has 3 heteroatoms. The third-order valence-electron chi connectivity index (χ3n) is 3.16. The molecule has 0 bridgehead atoms. The zero-order valence-corrected chi connectivity index (χ0v) is 8.12. The normalized spacial score (nSPS) is 32.2. The molecule has 0 aliphatic heterocycles. The van der Waals surface area contributed by atoms with E-state index in [-0.39, 0.29) is 5.92 Å². The van der Waals surface area contributed by atoms with Crippen LogP contribution in [0.4, 0.5) is 0 Å². The Labute approximate surface area is 78.2 Å². The molecule has 0 saturated heterocycles. The van der Waals surface area contributed by atoms with Crippen LogP contribution in [0.5, 0.6) is 0 Å². The maximum Gasteiger partial charge on any atom is 0.106 e. The average Bonchev–Trinajstić information content (AvgIpc) is 2.53. The number of hydrogen-bond donors (Lipinski definition) is 2. The van der Waals surface area contributed by atoms with Crippen molar-refractivity contribution in [3.05, 3.63) is 23.5 Å². The van der Waals surface area contributed by atoms with Gasteiger partial charge in [0.25, 0.3) is 0 Å².